The Morgan fingerprint density at radius 1 is 1.15 bits per heavy atom. The summed E-state index contributed by atoms with van der Waals surface area (Å²) in [6.07, 6.45) is 5.66. The molecule has 3 aromatic rings. The van der Waals surface area contributed by atoms with E-state index in [4.69, 9.17) is 11.6 Å². The molecule has 132 valence electrons. The van der Waals surface area contributed by atoms with Gasteiger partial charge in [0.15, 0.2) is 0 Å². The number of nitrogens with zero attached hydrogens (tertiary/aromatic N) is 1. The summed E-state index contributed by atoms with van der Waals surface area (Å²) in [6, 6.07) is 17.2. The minimum Gasteiger partial charge on any atom is -0.325 e. The average Bonchev–Trinajstić information content (AvgIpc) is 2.63. The van der Waals surface area contributed by atoms with E-state index >= 15 is 0 Å². The van der Waals surface area contributed by atoms with E-state index in [1.165, 1.54) is 6.07 Å². The van der Waals surface area contributed by atoms with Crippen molar-refractivity contribution in [1.82, 2.24) is 9.97 Å². The van der Waals surface area contributed by atoms with Gasteiger partial charge in [0.25, 0.3) is 5.56 Å². The standard InChI is InChI=1S/C21H20ClN3O/c1-15-18(22)12-7-13-19(15)24-21-23-17(14-20(26)25-21)11-6-5-10-16-8-3-2-4-9-16/h2-5,7-10,12-14H,6,11H2,1H3,(H2,23,24,25,26). The Balaban J connectivity index is 1.68. The van der Waals surface area contributed by atoms with E-state index in [0.29, 0.717) is 17.4 Å². The van der Waals surface area contributed by atoms with Crippen LogP contribution >= 0.6 is 11.6 Å². The van der Waals surface area contributed by atoms with Gasteiger partial charge in [0.1, 0.15) is 0 Å². The second kappa shape index (κ2) is 8.50. The highest BCUT2D eigenvalue weighted by molar-refractivity contribution is 6.31. The smallest absolute Gasteiger partial charge is 0.252 e. The Bertz CT molecular complexity index is 964. The molecule has 0 bridgehead atoms. The third-order valence-electron chi connectivity index (χ3n) is 3.99. The van der Waals surface area contributed by atoms with Crippen LogP contribution in [0.15, 0.2) is 65.5 Å². The van der Waals surface area contributed by atoms with Crippen molar-refractivity contribution in [2.24, 2.45) is 0 Å². The fourth-order valence-corrected chi connectivity index (χ4v) is 2.75. The van der Waals surface area contributed by atoms with Gasteiger partial charge in [-0.2, -0.15) is 0 Å². The van der Waals surface area contributed by atoms with Gasteiger partial charge in [-0.3, -0.25) is 9.78 Å². The minimum absolute atomic E-state index is 0.177. The molecule has 3 rings (SSSR count). The molecule has 2 aromatic carbocycles. The molecule has 0 atom stereocenters. The van der Waals surface area contributed by atoms with Crippen LogP contribution in [0.2, 0.25) is 5.02 Å². The zero-order valence-corrected chi connectivity index (χ0v) is 15.3. The van der Waals surface area contributed by atoms with Crippen molar-refractivity contribution in [3.63, 3.8) is 0 Å². The summed E-state index contributed by atoms with van der Waals surface area (Å²) < 4.78 is 0. The molecule has 0 amide bonds. The summed E-state index contributed by atoms with van der Waals surface area (Å²) in [4.78, 5) is 19.1. The van der Waals surface area contributed by atoms with Gasteiger partial charge in [0, 0.05) is 16.8 Å². The van der Waals surface area contributed by atoms with Crippen molar-refractivity contribution < 1.29 is 0 Å². The molecule has 0 radical (unpaired) electrons. The number of rotatable bonds is 6. The molecule has 0 aliphatic carbocycles. The highest BCUT2D eigenvalue weighted by Gasteiger charge is 2.05. The van der Waals surface area contributed by atoms with E-state index in [-0.39, 0.29) is 5.56 Å². The summed E-state index contributed by atoms with van der Waals surface area (Å²) in [5.41, 5.74) is 3.46. The molecule has 26 heavy (non-hydrogen) atoms. The average molecular weight is 366 g/mol. The lowest BCUT2D eigenvalue weighted by Gasteiger charge is -2.10. The Morgan fingerprint density at radius 3 is 2.77 bits per heavy atom. The summed E-state index contributed by atoms with van der Waals surface area (Å²) in [7, 11) is 0. The molecule has 0 saturated heterocycles. The second-order valence-corrected chi connectivity index (χ2v) is 6.38. The molecule has 0 saturated carbocycles. The number of allylic oxidation sites excluding steroid dienone is 1. The number of aromatic nitrogens is 2. The first kappa shape index (κ1) is 18.0. The number of halogens is 1. The van der Waals surface area contributed by atoms with Crippen LogP contribution in [0.25, 0.3) is 6.08 Å². The van der Waals surface area contributed by atoms with Gasteiger partial charge in [-0.15, -0.1) is 0 Å². The molecule has 0 spiro atoms. The fourth-order valence-electron chi connectivity index (χ4n) is 2.58. The molecule has 0 unspecified atom stereocenters. The molecule has 0 aliphatic rings. The van der Waals surface area contributed by atoms with Crippen LogP contribution < -0.4 is 10.9 Å². The number of anilines is 2. The lowest BCUT2D eigenvalue weighted by atomic mass is 10.1. The normalized spacial score (nSPS) is 11.0. The Labute approximate surface area is 157 Å². The topological polar surface area (TPSA) is 57.8 Å². The highest BCUT2D eigenvalue weighted by Crippen LogP contribution is 2.24. The van der Waals surface area contributed by atoms with Crippen molar-refractivity contribution in [3.05, 3.63) is 92.9 Å². The maximum absolute atomic E-state index is 11.9. The first-order valence-corrected chi connectivity index (χ1v) is 8.83. The number of hydrogen-bond acceptors (Lipinski definition) is 3. The van der Waals surface area contributed by atoms with E-state index in [1.807, 2.05) is 43.3 Å². The minimum atomic E-state index is -0.177. The molecular formula is C21H20ClN3O. The van der Waals surface area contributed by atoms with E-state index in [1.54, 1.807) is 0 Å². The highest BCUT2D eigenvalue weighted by atomic mass is 35.5. The Hall–Kier alpha value is -2.85. The van der Waals surface area contributed by atoms with Gasteiger partial charge in [-0.1, -0.05) is 60.2 Å². The lowest BCUT2D eigenvalue weighted by molar-refractivity contribution is 0.923. The van der Waals surface area contributed by atoms with Gasteiger partial charge < -0.3 is 5.32 Å². The zero-order chi connectivity index (χ0) is 18.4. The number of nitrogens with one attached hydrogen (secondary N) is 2. The van der Waals surface area contributed by atoms with E-state index < -0.39 is 0 Å². The zero-order valence-electron chi connectivity index (χ0n) is 14.5. The predicted octanol–water partition coefficient (Wildman–Crippen LogP) is 5.12. The van der Waals surface area contributed by atoms with Crippen molar-refractivity contribution in [2.75, 3.05) is 5.32 Å². The third-order valence-corrected chi connectivity index (χ3v) is 4.40. The first-order valence-electron chi connectivity index (χ1n) is 8.46. The number of aryl methyl sites for hydroxylation is 1. The van der Waals surface area contributed by atoms with Crippen molar-refractivity contribution in [2.45, 2.75) is 19.8 Å². The number of H-pyrrole nitrogens is 1. The van der Waals surface area contributed by atoms with Crippen molar-refractivity contribution in [1.29, 1.82) is 0 Å². The van der Waals surface area contributed by atoms with E-state index in [0.717, 1.165) is 28.9 Å². The summed E-state index contributed by atoms with van der Waals surface area (Å²) in [5, 5.41) is 3.81. The molecule has 2 N–H and O–H groups in total. The molecular weight excluding hydrogens is 346 g/mol. The largest absolute Gasteiger partial charge is 0.325 e. The number of benzene rings is 2. The monoisotopic (exact) mass is 365 g/mol. The van der Waals surface area contributed by atoms with Gasteiger partial charge in [-0.05, 0) is 43.0 Å². The van der Waals surface area contributed by atoms with Gasteiger partial charge in [-0.25, -0.2) is 4.98 Å². The van der Waals surface area contributed by atoms with E-state index in [2.05, 4.69) is 39.6 Å². The molecule has 5 heteroatoms. The fraction of sp³-hybridized carbons (Fsp3) is 0.143. The molecule has 1 aromatic heterocycles. The van der Waals surface area contributed by atoms with Crippen LogP contribution in [-0.2, 0) is 6.42 Å². The SMILES string of the molecule is Cc1c(Cl)cccc1Nc1nc(CCC=Cc2ccccc2)cc(=O)[nH]1. The van der Waals surface area contributed by atoms with Gasteiger partial charge >= 0.3 is 0 Å². The third kappa shape index (κ3) is 4.83. The quantitative estimate of drug-likeness (QED) is 0.637. The van der Waals surface area contributed by atoms with Crippen LogP contribution in [0, 0.1) is 6.92 Å². The number of hydrogen-bond donors (Lipinski definition) is 2. The van der Waals surface area contributed by atoms with Gasteiger partial charge in [0.05, 0.1) is 5.69 Å². The van der Waals surface area contributed by atoms with Crippen LogP contribution in [0.4, 0.5) is 11.6 Å². The van der Waals surface area contributed by atoms with Crippen LogP contribution in [0.3, 0.4) is 0 Å². The molecule has 4 nitrogen and oxygen atoms in total. The number of aromatic amines is 1. The van der Waals surface area contributed by atoms with Crippen LogP contribution in [-0.4, -0.2) is 9.97 Å². The lowest BCUT2D eigenvalue weighted by Crippen LogP contribution is -2.12. The Kier molecular flexibility index (Phi) is 5.87. The van der Waals surface area contributed by atoms with Crippen LogP contribution in [0.5, 0.6) is 0 Å². The Morgan fingerprint density at radius 2 is 1.96 bits per heavy atom. The van der Waals surface area contributed by atoms with Crippen molar-refractivity contribution in [3.8, 4) is 0 Å². The maximum atomic E-state index is 11.9. The van der Waals surface area contributed by atoms with Gasteiger partial charge in [0.2, 0.25) is 5.95 Å². The molecule has 0 fully saturated rings. The summed E-state index contributed by atoms with van der Waals surface area (Å²) >= 11 is 6.14. The van der Waals surface area contributed by atoms with Crippen molar-refractivity contribution >= 4 is 29.3 Å². The summed E-state index contributed by atoms with van der Waals surface area (Å²) in [5.74, 6) is 0.421. The van der Waals surface area contributed by atoms with Crippen LogP contribution in [0.1, 0.15) is 23.2 Å². The predicted molar refractivity (Wildman–Crippen MR) is 108 cm³/mol. The molecule has 1 heterocycles. The first-order chi connectivity index (χ1) is 12.6. The summed E-state index contributed by atoms with van der Waals surface area (Å²) in [6.45, 7) is 1.92. The maximum Gasteiger partial charge on any atom is 0.252 e. The second-order valence-electron chi connectivity index (χ2n) is 5.97. The molecule has 0 aliphatic heterocycles. The van der Waals surface area contributed by atoms with E-state index in [9.17, 15) is 4.79 Å².